The van der Waals surface area contributed by atoms with E-state index in [1.54, 1.807) is 0 Å². The quantitative estimate of drug-likeness (QED) is 0.655. The molecule has 5 nitrogen and oxygen atoms in total. The van der Waals surface area contributed by atoms with E-state index in [2.05, 4.69) is 4.90 Å². The van der Waals surface area contributed by atoms with E-state index in [9.17, 15) is 4.79 Å². The van der Waals surface area contributed by atoms with Gasteiger partial charge >= 0.3 is 5.97 Å². The lowest BCUT2D eigenvalue weighted by Gasteiger charge is -2.34. The molecule has 0 radical (unpaired) electrons. The van der Waals surface area contributed by atoms with Crippen LogP contribution in [0.15, 0.2) is 12.1 Å². The number of rotatable bonds is 4. The lowest BCUT2D eigenvalue weighted by molar-refractivity contribution is 0.0602. The molecular formula is C16H24N2O3. The highest BCUT2D eigenvalue weighted by Gasteiger charge is 2.22. The number of aryl methyl sites for hydroxylation is 1. The molecule has 0 saturated carbocycles. The van der Waals surface area contributed by atoms with Crippen LogP contribution in [-0.4, -0.2) is 37.9 Å². The Morgan fingerprint density at radius 1 is 1.52 bits per heavy atom. The van der Waals surface area contributed by atoms with E-state index in [1.807, 2.05) is 19.1 Å². The molecule has 1 aromatic rings. The van der Waals surface area contributed by atoms with Crippen molar-refractivity contribution in [3.63, 3.8) is 0 Å². The Morgan fingerprint density at radius 2 is 2.29 bits per heavy atom. The summed E-state index contributed by atoms with van der Waals surface area (Å²) in [4.78, 5) is 14.1. The molecule has 2 rings (SSSR count). The van der Waals surface area contributed by atoms with Gasteiger partial charge in [-0.25, -0.2) is 4.79 Å². The molecule has 1 fully saturated rings. The van der Waals surface area contributed by atoms with Gasteiger partial charge in [0.15, 0.2) is 0 Å². The average Bonchev–Trinajstić information content (AvgIpc) is 2.49. The summed E-state index contributed by atoms with van der Waals surface area (Å²) >= 11 is 0. The first-order valence-electron chi connectivity index (χ1n) is 7.41. The Bertz CT molecular complexity index is 514. The zero-order valence-electron chi connectivity index (χ0n) is 12.8. The molecule has 1 unspecified atom stereocenters. The first-order valence-corrected chi connectivity index (χ1v) is 7.41. The smallest absolute Gasteiger partial charge is 0.340 e. The number of carbonyl (C=O) groups is 1. The molecule has 5 heteroatoms. The monoisotopic (exact) mass is 292 g/mol. The number of ether oxygens (including phenoxy) is 1. The maximum absolute atomic E-state index is 11.8. The third-order valence-corrected chi connectivity index (χ3v) is 4.20. The summed E-state index contributed by atoms with van der Waals surface area (Å²) in [7, 11) is 1.36. The highest BCUT2D eigenvalue weighted by Crippen LogP contribution is 2.30. The second-order valence-electron chi connectivity index (χ2n) is 5.68. The van der Waals surface area contributed by atoms with E-state index in [1.165, 1.54) is 7.11 Å². The van der Waals surface area contributed by atoms with Crippen molar-refractivity contribution in [2.75, 3.05) is 37.4 Å². The van der Waals surface area contributed by atoms with Gasteiger partial charge in [-0.2, -0.15) is 0 Å². The topological polar surface area (TPSA) is 75.8 Å². The highest BCUT2D eigenvalue weighted by molar-refractivity contribution is 5.97. The number of methoxy groups -OCH3 is 1. The van der Waals surface area contributed by atoms with Gasteiger partial charge in [-0.3, -0.25) is 0 Å². The van der Waals surface area contributed by atoms with Gasteiger partial charge in [-0.05, 0) is 49.8 Å². The molecule has 1 aromatic carbocycles. The first kappa shape index (κ1) is 15.6. The Morgan fingerprint density at radius 3 is 2.95 bits per heavy atom. The number of benzene rings is 1. The second kappa shape index (κ2) is 6.80. The Kier molecular flexibility index (Phi) is 5.07. The summed E-state index contributed by atoms with van der Waals surface area (Å²) < 4.78 is 4.80. The average molecular weight is 292 g/mol. The number of anilines is 2. The minimum atomic E-state index is -0.402. The molecule has 3 N–H and O–H groups in total. The molecule has 1 heterocycles. The number of carbonyl (C=O) groups excluding carboxylic acids is 1. The van der Waals surface area contributed by atoms with Crippen molar-refractivity contribution in [2.45, 2.75) is 26.2 Å². The number of aliphatic hydroxyl groups is 1. The van der Waals surface area contributed by atoms with Gasteiger partial charge in [0.1, 0.15) is 0 Å². The normalized spacial score (nSPS) is 18.6. The van der Waals surface area contributed by atoms with Crippen LogP contribution < -0.4 is 10.6 Å². The molecule has 1 saturated heterocycles. The van der Waals surface area contributed by atoms with Crippen LogP contribution in [0.2, 0.25) is 0 Å². The van der Waals surface area contributed by atoms with Crippen LogP contribution in [0.1, 0.15) is 35.2 Å². The third kappa shape index (κ3) is 3.47. The molecule has 0 bridgehead atoms. The standard InChI is InChI=1S/C16H24N2O3/c1-11-8-13(9-14(15(11)17)16(20)21-2)18-6-3-4-12(10-18)5-7-19/h8-9,12,19H,3-7,10,17H2,1-2H3. The number of esters is 1. The number of aliphatic hydroxyl groups excluding tert-OH is 1. The summed E-state index contributed by atoms with van der Waals surface area (Å²) in [6.45, 7) is 4.00. The van der Waals surface area contributed by atoms with Crippen molar-refractivity contribution in [3.8, 4) is 0 Å². The minimum Gasteiger partial charge on any atom is -0.465 e. The number of hydrogen-bond donors (Lipinski definition) is 2. The van der Waals surface area contributed by atoms with E-state index in [4.69, 9.17) is 15.6 Å². The number of nitrogens with zero attached hydrogens (tertiary/aromatic N) is 1. The maximum atomic E-state index is 11.8. The number of piperidine rings is 1. The molecule has 1 atom stereocenters. The molecule has 0 spiro atoms. The van der Waals surface area contributed by atoms with Crippen LogP contribution in [0.4, 0.5) is 11.4 Å². The summed E-state index contributed by atoms with van der Waals surface area (Å²) in [5.74, 6) is 0.101. The van der Waals surface area contributed by atoms with Crippen LogP contribution >= 0.6 is 0 Å². The van der Waals surface area contributed by atoms with Crippen molar-refractivity contribution in [1.82, 2.24) is 0 Å². The lowest BCUT2D eigenvalue weighted by Crippen LogP contribution is -2.36. The molecule has 0 amide bonds. The molecule has 0 aliphatic carbocycles. The van der Waals surface area contributed by atoms with E-state index in [-0.39, 0.29) is 6.61 Å². The van der Waals surface area contributed by atoms with E-state index in [0.717, 1.165) is 43.6 Å². The summed E-state index contributed by atoms with van der Waals surface area (Å²) in [6.07, 6.45) is 3.07. The third-order valence-electron chi connectivity index (χ3n) is 4.20. The number of nitrogens with two attached hydrogens (primary N) is 1. The van der Waals surface area contributed by atoms with Crippen LogP contribution in [0.3, 0.4) is 0 Å². The zero-order chi connectivity index (χ0) is 15.4. The SMILES string of the molecule is COC(=O)c1cc(N2CCCC(CCO)C2)cc(C)c1N. The van der Waals surface area contributed by atoms with Gasteiger partial charge in [0.05, 0.1) is 12.7 Å². The predicted molar refractivity (Wildman–Crippen MR) is 83.6 cm³/mol. The molecule has 1 aliphatic rings. The van der Waals surface area contributed by atoms with Crippen LogP contribution in [-0.2, 0) is 4.74 Å². The Hall–Kier alpha value is -1.75. The fourth-order valence-corrected chi connectivity index (χ4v) is 2.96. The van der Waals surface area contributed by atoms with Gasteiger partial charge < -0.3 is 20.5 Å². The fraction of sp³-hybridized carbons (Fsp3) is 0.562. The van der Waals surface area contributed by atoms with Gasteiger partial charge in [-0.1, -0.05) is 0 Å². The fourth-order valence-electron chi connectivity index (χ4n) is 2.96. The Balaban J connectivity index is 2.27. The Labute approximate surface area is 125 Å². The van der Waals surface area contributed by atoms with Crippen LogP contribution in [0.25, 0.3) is 0 Å². The van der Waals surface area contributed by atoms with Crippen molar-refractivity contribution in [3.05, 3.63) is 23.3 Å². The largest absolute Gasteiger partial charge is 0.465 e. The first-order chi connectivity index (χ1) is 10.1. The second-order valence-corrected chi connectivity index (χ2v) is 5.68. The number of hydrogen-bond acceptors (Lipinski definition) is 5. The summed E-state index contributed by atoms with van der Waals surface area (Å²) in [5, 5.41) is 9.11. The van der Waals surface area contributed by atoms with E-state index >= 15 is 0 Å². The van der Waals surface area contributed by atoms with E-state index < -0.39 is 5.97 Å². The van der Waals surface area contributed by atoms with Crippen LogP contribution in [0, 0.1) is 12.8 Å². The highest BCUT2D eigenvalue weighted by atomic mass is 16.5. The van der Waals surface area contributed by atoms with Crippen molar-refractivity contribution < 1.29 is 14.6 Å². The molecular weight excluding hydrogens is 268 g/mol. The molecule has 21 heavy (non-hydrogen) atoms. The van der Waals surface area contributed by atoms with Crippen LogP contribution in [0.5, 0.6) is 0 Å². The minimum absolute atomic E-state index is 0.229. The molecule has 116 valence electrons. The van der Waals surface area contributed by atoms with Gasteiger partial charge in [0, 0.05) is 31.1 Å². The van der Waals surface area contributed by atoms with Gasteiger partial charge in [-0.15, -0.1) is 0 Å². The van der Waals surface area contributed by atoms with Gasteiger partial charge in [0.2, 0.25) is 0 Å². The molecule has 1 aliphatic heterocycles. The maximum Gasteiger partial charge on any atom is 0.340 e. The molecule has 0 aromatic heterocycles. The predicted octanol–water partition coefficient (Wildman–Crippen LogP) is 1.96. The van der Waals surface area contributed by atoms with Crippen molar-refractivity contribution in [1.29, 1.82) is 0 Å². The van der Waals surface area contributed by atoms with E-state index in [0.29, 0.717) is 17.2 Å². The zero-order valence-corrected chi connectivity index (χ0v) is 12.8. The lowest BCUT2D eigenvalue weighted by atomic mass is 9.94. The summed E-state index contributed by atoms with van der Waals surface area (Å²) in [5.41, 5.74) is 8.78. The summed E-state index contributed by atoms with van der Waals surface area (Å²) in [6, 6.07) is 3.83. The van der Waals surface area contributed by atoms with Crippen molar-refractivity contribution in [2.24, 2.45) is 5.92 Å². The number of nitrogen functional groups attached to an aromatic ring is 1. The van der Waals surface area contributed by atoms with Gasteiger partial charge in [0.25, 0.3) is 0 Å². The van der Waals surface area contributed by atoms with Crippen molar-refractivity contribution >= 4 is 17.3 Å².